The average Bonchev–Trinajstić information content (AvgIpc) is 3.59. The zero-order valence-corrected chi connectivity index (χ0v) is 18.2. The zero-order chi connectivity index (χ0) is 21.2. The maximum absolute atomic E-state index is 12.0. The van der Waals surface area contributed by atoms with Crippen molar-refractivity contribution in [3.8, 4) is 5.75 Å². The van der Waals surface area contributed by atoms with Crippen molar-refractivity contribution in [1.29, 1.82) is 0 Å². The van der Waals surface area contributed by atoms with Crippen LogP contribution in [0, 0.1) is 5.92 Å². The summed E-state index contributed by atoms with van der Waals surface area (Å²) in [5.74, 6) is 2.24. The Kier molecular flexibility index (Phi) is 8.77. The second kappa shape index (κ2) is 11.8. The summed E-state index contributed by atoms with van der Waals surface area (Å²) in [5, 5.41) is 6.51. The van der Waals surface area contributed by atoms with Gasteiger partial charge in [0.05, 0.1) is 32.9 Å². The minimum absolute atomic E-state index is 0.00541. The smallest absolute Gasteiger partial charge is 0.241 e. The summed E-state index contributed by atoms with van der Waals surface area (Å²) in [7, 11) is 3.50. The Hall–Kier alpha value is -2.32. The van der Waals surface area contributed by atoms with Gasteiger partial charge in [-0.25, -0.2) is 4.99 Å². The second-order valence-electron chi connectivity index (χ2n) is 8.05. The maximum atomic E-state index is 12.0. The van der Waals surface area contributed by atoms with Crippen LogP contribution in [-0.2, 0) is 16.1 Å². The van der Waals surface area contributed by atoms with Gasteiger partial charge in [0.1, 0.15) is 5.75 Å². The molecule has 1 aromatic carbocycles. The molecule has 8 nitrogen and oxygen atoms in total. The van der Waals surface area contributed by atoms with Crippen molar-refractivity contribution in [2.45, 2.75) is 19.4 Å². The first-order valence-electron chi connectivity index (χ1n) is 10.8. The van der Waals surface area contributed by atoms with Crippen LogP contribution in [0.25, 0.3) is 0 Å². The number of likely N-dealkylation sites (N-methyl/N-ethyl adjacent to an activating group) is 1. The molecule has 0 spiro atoms. The Labute approximate surface area is 179 Å². The Morgan fingerprint density at radius 2 is 2.00 bits per heavy atom. The number of rotatable bonds is 10. The van der Waals surface area contributed by atoms with Gasteiger partial charge in [0.15, 0.2) is 5.96 Å². The monoisotopic (exact) mass is 417 g/mol. The molecule has 3 rings (SSSR count). The number of aliphatic imine (C=N–C) groups is 1. The van der Waals surface area contributed by atoms with Crippen molar-refractivity contribution in [2.24, 2.45) is 10.9 Å². The van der Waals surface area contributed by atoms with Crippen LogP contribution < -0.4 is 15.4 Å². The first-order valence-corrected chi connectivity index (χ1v) is 10.8. The number of morpholine rings is 1. The molecule has 1 amide bonds. The molecular formula is C22H35N5O3. The first kappa shape index (κ1) is 22.4. The van der Waals surface area contributed by atoms with E-state index in [1.54, 1.807) is 19.0 Å². The lowest BCUT2D eigenvalue weighted by Gasteiger charge is -2.26. The molecule has 1 aliphatic heterocycles. The van der Waals surface area contributed by atoms with Gasteiger partial charge in [-0.3, -0.25) is 9.69 Å². The SMILES string of the molecule is CN(C)C(=O)CNC(=NCc1ccccc1OCC1CC1)NCCN1CCOCC1. The zero-order valence-electron chi connectivity index (χ0n) is 18.2. The minimum atomic E-state index is 0.00541. The largest absolute Gasteiger partial charge is 0.493 e. The molecule has 0 aromatic heterocycles. The Morgan fingerprint density at radius 3 is 2.73 bits per heavy atom. The molecule has 30 heavy (non-hydrogen) atoms. The number of para-hydroxylation sites is 1. The quantitative estimate of drug-likeness (QED) is 0.436. The number of hydrogen-bond donors (Lipinski definition) is 2. The fourth-order valence-electron chi connectivity index (χ4n) is 3.08. The summed E-state index contributed by atoms with van der Waals surface area (Å²) in [6, 6.07) is 8.04. The molecule has 0 atom stereocenters. The Morgan fingerprint density at radius 1 is 1.23 bits per heavy atom. The van der Waals surface area contributed by atoms with E-state index in [0.717, 1.165) is 57.3 Å². The number of carbonyl (C=O) groups excluding carboxylic acids is 1. The van der Waals surface area contributed by atoms with Gasteiger partial charge in [0, 0.05) is 45.8 Å². The van der Waals surface area contributed by atoms with Crippen molar-refractivity contribution >= 4 is 11.9 Å². The van der Waals surface area contributed by atoms with Crippen molar-refractivity contribution in [2.75, 3.05) is 66.6 Å². The number of benzene rings is 1. The lowest BCUT2D eigenvalue weighted by molar-refractivity contribution is -0.127. The fraction of sp³-hybridized carbons (Fsp3) is 0.636. The summed E-state index contributed by atoms with van der Waals surface area (Å²) >= 11 is 0. The van der Waals surface area contributed by atoms with Crippen LogP contribution in [0.1, 0.15) is 18.4 Å². The van der Waals surface area contributed by atoms with Crippen LogP contribution in [-0.4, -0.2) is 88.3 Å². The third-order valence-corrected chi connectivity index (χ3v) is 5.28. The number of carbonyl (C=O) groups is 1. The van der Waals surface area contributed by atoms with Gasteiger partial charge in [-0.05, 0) is 24.8 Å². The predicted molar refractivity (Wildman–Crippen MR) is 118 cm³/mol. The van der Waals surface area contributed by atoms with E-state index in [0.29, 0.717) is 18.4 Å². The molecular weight excluding hydrogens is 382 g/mol. The van der Waals surface area contributed by atoms with Gasteiger partial charge >= 0.3 is 0 Å². The highest BCUT2D eigenvalue weighted by Gasteiger charge is 2.22. The molecule has 1 heterocycles. The molecule has 1 saturated heterocycles. The van der Waals surface area contributed by atoms with Gasteiger partial charge in [0.2, 0.25) is 5.91 Å². The number of ether oxygens (including phenoxy) is 2. The van der Waals surface area contributed by atoms with Gasteiger partial charge in [-0.1, -0.05) is 18.2 Å². The summed E-state index contributed by atoms with van der Waals surface area (Å²) < 4.78 is 11.4. The fourth-order valence-corrected chi connectivity index (χ4v) is 3.08. The molecule has 0 radical (unpaired) electrons. The number of nitrogens with one attached hydrogen (secondary N) is 2. The lowest BCUT2D eigenvalue weighted by atomic mass is 10.2. The third kappa shape index (κ3) is 7.84. The molecule has 1 aromatic rings. The van der Waals surface area contributed by atoms with E-state index >= 15 is 0 Å². The minimum Gasteiger partial charge on any atom is -0.493 e. The van der Waals surface area contributed by atoms with Crippen molar-refractivity contribution in [3.63, 3.8) is 0 Å². The Bertz CT molecular complexity index is 700. The molecule has 0 bridgehead atoms. The number of guanidine groups is 1. The maximum Gasteiger partial charge on any atom is 0.241 e. The first-order chi connectivity index (χ1) is 14.6. The normalized spacial score (nSPS) is 17.5. The van der Waals surface area contributed by atoms with E-state index < -0.39 is 0 Å². The lowest BCUT2D eigenvalue weighted by Crippen LogP contribution is -2.46. The molecule has 8 heteroatoms. The molecule has 1 aliphatic carbocycles. The van der Waals surface area contributed by atoms with Crippen LogP contribution in [0.3, 0.4) is 0 Å². The molecule has 166 valence electrons. The number of hydrogen-bond acceptors (Lipinski definition) is 5. The highest BCUT2D eigenvalue weighted by Crippen LogP contribution is 2.30. The van der Waals surface area contributed by atoms with Crippen LogP contribution in [0.4, 0.5) is 0 Å². The second-order valence-corrected chi connectivity index (χ2v) is 8.05. The highest BCUT2D eigenvalue weighted by molar-refractivity contribution is 5.86. The van der Waals surface area contributed by atoms with Crippen molar-refractivity contribution in [3.05, 3.63) is 29.8 Å². The summed E-state index contributed by atoms with van der Waals surface area (Å²) in [6.07, 6.45) is 2.53. The molecule has 2 aliphatic rings. The Balaban J connectivity index is 1.56. The standard InChI is InChI=1S/C22H35N5O3/c1-26(2)21(28)16-25-22(23-9-10-27-11-13-29-14-12-27)24-15-19-5-3-4-6-20(19)30-17-18-7-8-18/h3-6,18H,7-17H2,1-2H3,(H2,23,24,25). The molecule has 2 N–H and O–H groups in total. The van der Waals surface area contributed by atoms with E-state index in [1.165, 1.54) is 12.8 Å². The van der Waals surface area contributed by atoms with E-state index in [1.807, 2.05) is 24.3 Å². The number of nitrogens with zero attached hydrogens (tertiary/aromatic N) is 3. The van der Waals surface area contributed by atoms with E-state index in [-0.39, 0.29) is 12.5 Å². The van der Waals surface area contributed by atoms with E-state index in [9.17, 15) is 4.79 Å². The molecule has 1 saturated carbocycles. The topological polar surface area (TPSA) is 78.4 Å². The van der Waals surface area contributed by atoms with Gasteiger partial charge in [-0.2, -0.15) is 0 Å². The van der Waals surface area contributed by atoms with Crippen molar-refractivity contribution in [1.82, 2.24) is 20.4 Å². The molecule has 0 unspecified atom stereocenters. The predicted octanol–water partition coefficient (Wildman–Crippen LogP) is 0.931. The van der Waals surface area contributed by atoms with Crippen LogP contribution in [0.5, 0.6) is 5.75 Å². The van der Waals surface area contributed by atoms with Crippen LogP contribution in [0.15, 0.2) is 29.3 Å². The third-order valence-electron chi connectivity index (χ3n) is 5.28. The number of amides is 1. The van der Waals surface area contributed by atoms with Crippen molar-refractivity contribution < 1.29 is 14.3 Å². The van der Waals surface area contributed by atoms with Gasteiger partial charge in [0.25, 0.3) is 0 Å². The summed E-state index contributed by atoms with van der Waals surface area (Å²) in [6.45, 7) is 6.61. The highest BCUT2D eigenvalue weighted by atomic mass is 16.5. The van der Waals surface area contributed by atoms with Crippen LogP contribution >= 0.6 is 0 Å². The van der Waals surface area contributed by atoms with Crippen LogP contribution in [0.2, 0.25) is 0 Å². The average molecular weight is 418 g/mol. The summed E-state index contributed by atoms with van der Waals surface area (Å²) in [4.78, 5) is 20.6. The van der Waals surface area contributed by atoms with Gasteiger partial charge in [-0.15, -0.1) is 0 Å². The van der Waals surface area contributed by atoms with E-state index in [4.69, 9.17) is 14.5 Å². The summed E-state index contributed by atoms with van der Waals surface area (Å²) in [5.41, 5.74) is 1.05. The molecule has 2 fully saturated rings. The van der Waals surface area contributed by atoms with E-state index in [2.05, 4.69) is 15.5 Å². The van der Waals surface area contributed by atoms with Gasteiger partial charge < -0.3 is 25.0 Å².